The van der Waals surface area contributed by atoms with Crippen molar-refractivity contribution in [3.63, 3.8) is 0 Å². The third kappa shape index (κ3) is 6.26. The van der Waals surface area contributed by atoms with Crippen molar-refractivity contribution >= 4 is 5.69 Å². The van der Waals surface area contributed by atoms with Crippen LogP contribution in [0.2, 0.25) is 0 Å². The van der Waals surface area contributed by atoms with Crippen LogP contribution in [0.3, 0.4) is 0 Å². The Morgan fingerprint density at radius 2 is 1.33 bits per heavy atom. The van der Waals surface area contributed by atoms with Crippen LogP contribution in [0, 0.1) is 0 Å². The highest BCUT2D eigenvalue weighted by molar-refractivity contribution is 5.48. The predicted molar refractivity (Wildman–Crippen MR) is 109 cm³/mol. The zero-order chi connectivity index (χ0) is 18.7. The highest BCUT2D eigenvalue weighted by atomic mass is 16.5. The van der Waals surface area contributed by atoms with Crippen LogP contribution in [0.5, 0.6) is 17.2 Å². The molecule has 0 atom stereocenters. The Bertz CT molecular complexity index is 803. The van der Waals surface area contributed by atoms with Crippen LogP contribution >= 0.6 is 0 Å². The van der Waals surface area contributed by atoms with Gasteiger partial charge in [0.15, 0.2) is 0 Å². The van der Waals surface area contributed by atoms with Gasteiger partial charge >= 0.3 is 0 Å². The third-order valence-corrected chi connectivity index (χ3v) is 3.93. The van der Waals surface area contributed by atoms with Gasteiger partial charge in [-0.25, -0.2) is 0 Å². The van der Waals surface area contributed by atoms with Gasteiger partial charge in [-0.15, -0.1) is 0 Å². The fourth-order valence-corrected chi connectivity index (χ4v) is 2.61. The largest absolute Gasteiger partial charge is 0.494 e. The molecule has 0 bridgehead atoms. The summed E-state index contributed by atoms with van der Waals surface area (Å²) in [5, 5.41) is 3.41. The second-order valence-corrected chi connectivity index (χ2v) is 5.97. The molecule has 0 unspecified atom stereocenters. The maximum Gasteiger partial charge on any atom is 0.122 e. The summed E-state index contributed by atoms with van der Waals surface area (Å²) in [6.07, 6.45) is 0. The molecular formula is C23H25NO3. The molecule has 4 heteroatoms. The van der Waals surface area contributed by atoms with Gasteiger partial charge in [-0.2, -0.15) is 0 Å². The van der Waals surface area contributed by atoms with Crippen LogP contribution in [-0.2, 0) is 6.54 Å². The normalized spacial score (nSPS) is 10.3. The number of hydrogen-bond donors (Lipinski definition) is 1. The molecule has 0 spiro atoms. The van der Waals surface area contributed by atoms with Crippen molar-refractivity contribution in [2.24, 2.45) is 0 Å². The molecule has 0 aliphatic heterocycles. The van der Waals surface area contributed by atoms with E-state index in [4.69, 9.17) is 14.2 Å². The summed E-state index contributed by atoms with van der Waals surface area (Å²) in [5.74, 6) is 2.58. The van der Waals surface area contributed by atoms with Gasteiger partial charge in [0, 0.05) is 18.3 Å². The molecule has 0 heterocycles. The van der Waals surface area contributed by atoms with Crippen molar-refractivity contribution < 1.29 is 14.2 Å². The number of para-hydroxylation sites is 1. The molecule has 4 nitrogen and oxygen atoms in total. The van der Waals surface area contributed by atoms with Crippen LogP contribution < -0.4 is 19.5 Å². The number of hydrogen-bond acceptors (Lipinski definition) is 4. The molecule has 1 N–H and O–H groups in total. The van der Waals surface area contributed by atoms with Crippen LogP contribution in [0.1, 0.15) is 12.5 Å². The molecule has 0 saturated carbocycles. The van der Waals surface area contributed by atoms with E-state index in [1.165, 1.54) is 5.56 Å². The van der Waals surface area contributed by atoms with E-state index in [0.717, 1.165) is 29.5 Å². The molecule has 0 fully saturated rings. The lowest BCUT2D eigenvalue weighted by Gasteiger charge is -2.10. The van der Waals surface area contributed by atoms with E-state index in [1.807, 2.05) is 73.7 Å². The average Bonchev–Trinajstić information content (AvgIpc) is 2.72. The minimum Gasteiger partial charge on any atom is -0.494 e. The first-order valence-corrected chi connectivity index (χ1v) is 9.20. The molecular weight excluding hydrogens is 338 g/mol. The predicted octanol–water partition coefficient (Wildman–Crippen LogP) is 5.16. The number of anilines is 1. The second-order valence-electron chi connectivity index (χ2n) is 5.97. The molecule has 140 valence electrons. The minimum atomic E-state index is 0.511. The van der Waals surface area contributed by atoms with Gasteiger partial charge in [-0.1, -0.05) is 36.4 Å². The SMILES string of the molecule is CCOc1cccc(NCc2ccc(OCCOc3ccccc3)cc2)c1. The van der Waals surface area contributed by atoms with Crippen molar-refractivity contribution in [2.75, 3.05) is 25.1 Å². The summed E-state index contributed by atoms with van der Waals surface area (Å²) < 4.78 is 16.9. The summed E-state index contributed by atoms with van der Waals surface area (Å²) in [6.45, 7) is 4.42. The third-order valence-electron chi connectivity index (χ3n) is 3.93. The van der Waals surface area contributed by atoms with Crippen molar-refractivity contribution in [1.29, 1.82) is 0 Å². The van der Waals surface area contributed by atoms with Crippen LogP contribution in [0.4, 0.5) is 5.69 Å². The average molecular weight is 363 g/mol. The molecule has 0 amide bonds. The quantitative estimate of drug-likeness (QED) is 0.505. The zero-order valence-corrected chi connectivity index (χ0v) is 15.6. The Hall–Kier alpha value is -3.14. The fourth-order valence-electron chi connectivity index (χ4n) is 2.61. The number of rotatable bonds is 10. The maximum atomic E-state index is 5.73. The first-order chi connectivity index (χ1) is 13.3. The number of ether oxygens (including phenoxy) is 3. The van der Waals surface area contributed by atoms with Gasteiger partial charge in [-0.05, 0) is 48.9 Å². The summed E-state index contributed by atoms with van der Waals surface area (Å²) in [7, 11) is 0. The van der Waals surface area contributed by atoms with Crippen molar-refractivity contribution in [3.8, 4) is 17.2 Å². The van der Waals surface area contributed by atoms with Crippen molar-refractivity contribution in [3.05, 3.63) is 84.4 Å². The Morgan fingerprint density at radius 1 is 0.667 bits per heavy atom. The van der Waals surface area contributed by atoms with Gasteiger partial charge in [0.1, 0.15) is 30.5 Å². The van der Waals surface area contributed by atoms with E-state index in [-0.39, 0.29) is 0 Å². The Kier molecular flexibility index (Phi) is 6.99. The molecule has 0 aliphatic rings. The van der Waals surface area contributed by atoms with Gasteiger partial charge in [0.25, 0.3) is 0 Å². The molecule has 0 saturated heterocycles. The van der Waals surface area contributed by atoms with Gasteiger partial charge in [0.2, 0.25) is 0 Å². The van der Waals surface area contributed by atoms with E-state index in [1.54, 1.807) is 0 Å². The molecule has 0 aliphatic carbocycles. The van der Waals surface area contributed by atoms with E-state index in [9.17, 15) is 0 Å². The zero-order valence-electron chi connectivity index (χ0n) is 15.6. The summed E-state index contributed by atoms with van der Waals surface area (Å²) in [5.41, 5.74) is 2.23. The molecule has 0 aromatic heterocycles. The van der Waals surface area contributed by atoms with Crippen LogP contribution in [-0.4, -0.2) is 19.8 Å². The summed E-state index contributed by atoms with van der Waals surface area (Å²) in [6, 6.07) is 25.8. The molecule has 3 aromatic rings. The Morgan fingerprint density at radius 3 is 2.04 bits per heavy atom. The lowest BCUT2D eigenvalue weighted by Crippen LogP contribution is -2.09. The van der Waals surface area contributed by atoms with E-state index in [0.29, 0.717) is 19.8 Å². The van der Waals surface area contributed by atoms with Crippen LogP contribution in [0.25, 0.3) is 0 Å². The van der Waals surface area contributed by atoms with Gasteiger partial charge in [0.05, 0.1) is 6.61 Å². The smallest absolute Gasteiger partial charge is 0.122 e. The van der Waals surface area contributed by atoms with Gasteiger partial charge in [-0.3, -0.25) is 0 Å². The van der Waals surface area contributed by atoms with Crippen molar-refractivity contribution in [1.82, 2.24) is 0 Å². The number of nitrogens with one attached hydrogen (secondary N) is 1. The molecule has 27 heavy (non-hydrogen) atoms. The molecule has 0 radical (unpaired) electrons. The lowest BCUT2D eigenvalue weighted by molar-refractivity contribution is 0.217. The minimum absolute atomic E-state index is 0.511. The van der Waals surface area contributed by atoms with Gasteiger partial charge < -0.3 is 19.5 Å². The van der Waals surface area contributed by atoms with E-state index < -0.39 is 0 Å². The van der Waals surface area contributed by atoms with E-state index >= 15 is 0 Å². The summed E-state index contributed by atoms with van der Waals surface area (Å²) in [4.78, 5) is 0. The van der Waals surface area contributed by atoms with Crippen LogP contribution in [0.15, 0.2) is 78.9 Å². The van der Waals surface area contributed by atoms with Crippen molar-refractivity contribution in [2.45, 2.75) is 13.5 Å². The molecule has 3 aromatic carbocycles. The molecule has 3 rings (SSSR count). The highest BCUT2D eigenvalue weighted by Gasteiger charge is 1.99. The topological polar surface area (TPSA) is 39.7 Å². The van der Waals surface area contributed by atoms with E-state index in [2.05, 4.69) is 17.4 Å². The first kappa shape index (κ1) is 18.6. The Labute approximate surface area is 160 Å². The standard InChI is InChI=1S/C23H25NO3/c1-2-25-23-10-6-7-20(17-23)24-18-19-11-13-22(14-12-19)27-16-15-26-21-8-4-3-5-9-21/h3-14,17,24H,2,15-16,18H2,1H3. The maximum absolute atomic E-state index is 5.73. The summed E-state index contributed by atoms with van der Waals surface area (Å²) >= 11 is 0. The monoisotopic (exact) mass is 363 g/mol. The fraction of sp³-hybridized carbons (Fsp3) is 0.217. The highest BCUT2D eigenvalue weighted by Crippen LogP contribution is 2.19. The number of benzene rings is 3. The Balaban J connectivity index is 1.41. The second kappa shape index (κ2) is 10.1. The first-order valence-electron chi connectivity index (χ1n) is 9.20. The lowest BCUT2D eigenvalue weighted by atomic mass is 10.2.